The second-order valence-electron chi connectivity index (χ2n) is 4.88. The Morgan fingerprint density at radius 3 is 2.29 bits per heavy atom. The Balaban J connectivity index is 2.37. The molecule has 5 heteroatoms. The van der Waals surface area contributed by atoms with Gasteiger partial charge in [0, 0.05) is 24.7 Å². The normalized spacial score (nSPS) is 10.5. The van der Waals surface area contributed by atoms with E-state index in [1.165, 1.54) is 11.8 Å². The largest absolute Gasteiger partial charge is 0.344 e. The maximum Gasteiger partial charge on any atom is 0.209 e. The van der Waals surface area contributed by atoms with E-state index in [1.54, 1.807) is 31.3 Å². The molecule has 1 amide bonds. The van der Waals surface area contributed by atoms with Crippen LogP contribution in [0, 0.1) is 24.4 Å². The molecule has 0 aliphatic heterocycles. The van der Waals surface area contributed by atoms with Crippen LogP contribution in [0.25, 0.3) is 11.1 Å². The first-order chi connectivity index (χ1) is 9.93. The monoisotopic (exact) mass is 293 g/mol. The standard InChI is InChI=1S/C16H14F3NO/c1-10-14(17)7-13(16(19)15(10)18)12-5-3-11(4-6-12)8-20(2)9-21/h3-7,9H,8H2,1-2H3. The number of rotatable bonds is 4. The van der Waals surface area contributed by atoms with Crippen LogP contribution in [-0.2, 0) is 11.3 Å². The lowest BCUT2D eigenvalue weighted by molar-refractivity contribution is -0.117. The number of benzene rings is 2. The molecule has 0 spiro atoms. The topological polar surface area (TPSA) is 20.3 Å². The van der Waals surface area contributed by atoms with E-state index in [9.17, 15) is 18.0 Å². The van der Waals surface area contributed by atoms with Gasteiger partial charge < -0.3 is 4.90 Å². The predicted octanol–water partition coefficient (Wildman–Crippen LogP) is 3.67. The van der Waals surface area contributed by atoms with Gasteiger partial charge in [-0.05, 0) is 24.1 Å². The van der Waals surface area contributed by atoms with Crippen molar-refractivity contribution >= 4 is 6.41 Å². The average Bonchev–Trinajstić information content (AvgIpc) is 2.49. The summed E-state index contributed by atoms with van der Waals surface area (Å²) < 4.78 is 41.0. The molecule has 0 heterocycles. The highest BCUT2D eigenvalue weighted by molar-refractivity contribution is 5.65. The molecule has 0 saturated carbocycles. The summed E-state index contributed by atoms with van der Waals surface area (Å²) in [4.78, 5) is 12.0. The van der Waals surface area contributed by atoms with Gasteiger partial charge in [0.2, 0.25) is 6.41 Å². The molecule has 2 aromatic rings. The first-order valence-electron chi connectivity index (χ1n) is 6.33. The second-order valence-corrected chi connectivity index (χ2v) is 4.88. The average molecular weight is 293 g/mol. The third-order valence-corrected chi connectivity index (χ3v) is 3.26. The highest BCUT2D eigenvalue weighted by Crippen LogP contribution is 2.28. The van der Waals surface area contributed by atoms with E-state index in [4.69, 9.17) is 0 Å². The first kappa shape index (κ1) is 15.1. The number of nitrogens with zero attached hydrogens (tertiary/aromatic N) is 1. The second kappa shape index (κ2) is 5.99. The van der Waals surface area contributed by atoms with E-state index in [0.29, 0.717) is 18.5 Å². The Morgan fingerprint density at radius 2 is 1.71 bits per heavy atom. The smallest absolute Gasteiger partial charge is 0.209 e. The van der Waals surface area contributed by atoms with E-state index in [0.717, 1.165) is 11.6 Å². The molecule has 0 atom stereocenters. The number of amides is 1. The van der Waals surface area contributed by atoms with Crippen molar-refractivity contribution < 1.29 is 18.0 Å². The minimum atomic E-state index is -1.17. The van der Waals surface area contributed by atoms with E-state index < -0.39 is 17.5 Å². The van der Waals surface area contributed by atoms with Gasteiger partial charge in [-0.25, -0.2) is 13.2 Å². The third-order valence-electron chi connectivity index (χ3n) is 3.26. The van der Waals surface area contributed by atoms with E-state index in [-0.39, 0.29) is 11.1 Å². The summed E-state index contributed by atoms with van der Waals surface area (Å²) in [6.45, 7) is 1.60. The van der Waals surface area contributed by atoms with Crippen LogP contribution in [-0.4, -0.2) is 18.4 Å². The van der Waals surface area contributed by atoms with Crippen molar-refractivity contribution in [2.75, 3.05) is 7.05 Å². The number of hydrogen-bond acceptors (Lipinski definition) is 1. The zero-order valence-corrected chi connectivity index (χ0v) is 11.7. The summed E-state index contributed by atoms with van der Waals surface area (Å²) in [7, 11) is 1.63. The molecule has 2 aromatic carbocycles. The maximum atomic E-state index is 13.9. The molecule has 0 fully saturated rings. The lowest BCUT2D eigenvalue weighted by Crippen LogP contribution is -2.14. The molecule has 0 unspecified atom stereocenters. The zero-order chi connectivity index (χ0) is 15.6. The summed E-state index contributed by atoms with van der Waals surface area (Å²) in [6, 6.07) is 7.50. The molecule has 2 rings (SSSR count). The lowest BCUT2D eigenvalue weighted by Gasteiger charge is -2.12. The highest BCUT2D eigenvalue weighted by atomic mass is 19.2. The van der Waals surface area contributed by atoms with Gasteiger partial charge in [-0.3, -0.25) is 4.79 Å². The fourth-order valence-corrected chi connectivity index (χ4v) is 2.01. The number of carbonyl (C=O) groups is 1. The van der Waals surface area contributed by atoms with Crippen LogP contribution < -0.4 is 0 Å². The maximum absolute atomic E-state index is 13.9. The van der Waals surface area contributed by atoms with Gasteiger partial charge in [-0.15, -0.1) is 0 Å². The Morgan fingerprint density at radius 1 is 1.10 bits per heavy atom. The minimum absolute atomic E-state index is 0.120. The van der Waals surface area contributed by atoms with Crippen LogP contribution in [0.15, 0.2) is 30.3 Å². The number of carbonyl (C=O) groups excluding carboxylic acids is 1. The minimum Gasteiger partial charge on any atom is -0.344 e. The van der Waals surface area contributed by atoms with Crippen molar-refractivity contribution in [2.24, 2.45) is 0 Å². The summed E-state index contributed by atoms with van der Waals surface area (Å²) >= 11 is 0. The molecule has 0 aromatic heterocycles. The lowest BCUT2D eigenvalue weighted by atomic mass is 10.0. The molecular weight excluding hydrogens is 279 g/mol. The number of hydrogen-bond donors (Lipinski definition) is 0. The first-order valence-corrected chi connectivity index (χ1v) is 6.33. The quantitative estimate of drug-likeness (QED) is 0.622. The Hall–Kier alpha value is -2.30. The Bertz CT molecular complexity index is 668. The zero-order valence-electron chi connectivity index (χ0n) is 11.7. The van der Waals surface area contributed by atoms with Gasteiger partial charge in [0.05, 0.1) is 0 Å². The van der Waals surface area contributed by atoms with E-state index in [1.807, 2.05) is 0 Å². The van der Waals surface area contributed by atoms with Crippen LogP contribution in [0.4, 0.5) is 13.2 Å². The molecule has 0 N–H and O–H groups in total. The Kier molecular flexibility index (Phi) is 4.31. The van der Waals surface area contributed by atoms with Crippen molar-refractivity contribution in [1.82, 2.24) is 4.90 Å². The van der Waals surface area contributed by atoms with Gasteiger partial charge in [0.1, 0.15) is 5.82 Å². The van der Waals surface area contributed by atoms with E-state index in [2.05, 4.69) is 0 Å². The molecular formula is C16H14F3NO. The van der Waals surface area contributed by atoms with Crippen molar-refractivity contribution in [2.45, 2.75) is 13.5 Å². The SMILES string of the molecule is Cc1c(F)cc(-c2ccc(CN(C)C=O)cc2)c(F)c1F. The molecule has 2 nitrogen and oxygen atoms in total. The number of halogens is 3. The molecule has 110 valence electrons. The van der Waals surface area contributed by atoms with Gasteiger partial charge in [-0.1, -0.05) is 24.3 Å². The van der Waals surface area contributed by atoms with Crippen LogP contribution in [0.5, 0.6) is 0 Å². The van der Waals surface area contributed by atoms with Gasteiger partial charge in [0.15, 0.2) is 11.6 Å². The fraction of sp³-hybridized carbons (Fsp3) is 0.188. The predicted molar refractivity (Wildman–Crippen MR) is 74.0 cm³/mol. The third kappa shape index (κ3) is 3.07. The molecule has 0 saturated heterocycles. The summed E-state index contributed by atoms with van der Waals surface area (Å²) in [5.74, 6) is -3.02. The van der Waals surface area contributed by atoms with Crippen LogP contribution >= 0.6 is 0 Å². The van der Waals surface area contributed by atoms with Crippen molar-refractivity contribution in [3.63, 3.8) is 0 Å². The van der Waals surface area contributed by atoms with E-state index >= 15 is 0 Å². The van der Waals surface area contributed by atoms with Crippen LogP contribution in [0.2, 0.25) is 0 Å². The summed E-state index contributed by atoms with van der Waals surface area (Å²) in [5.41, 5.74) is 0.760. The van der Waals surface area contributed by atoms with Gasteiger partial charge in [0.25, 0.3) is 0 Å². The summed E-state index contributed by atoms with van der Waals surface area (Å²) in [5, 5.41) is 0. The Labute approximate surface area is 120 Å². The molecule has 0 radical (unpaired) electrons. The van der Waals surface area contributed by atoms with Gasteiger partial charge >= 0.3 is 0 Å². The highest BCUT2D eigenvalue weighted by Gasteiger charge is 2.16. The molecule has 21 heavy (non-hydrogen) atoms. The van der Waals surface area contributed by atoms with Gasteiger partial charge in [-0.2, -0.15) is 0 Å². The van der Waals surface area contributed by atoms with Crippen molar-refractivity contribution in [3.8, 4) is 11.1 Å². The van der Waals surface area contributed by atoms with Crippen LogP contribution in [0.1, 0.15) is 11.1 Å². The molecule has 0 aliphatic rings. The summed E-state index contributed by atoms with van der Waals surface area (Å²) in [6.07, 6.45) is 0.693. The van der Waals surface area contributed by atoms with Crippen molar-refractivity contribution in [1.29, 1.82) is 0 Å². The molecule has 0 aliphatic carbocycles. The van der Waals surface area contributed by atoms with Crippen molar-refractivity contribution in [3.05, 3.63) is 58.9 Å². The van der Waals surface area contributed by atoms with Crippen LogP contribution in [0.3, 0.4) is 0 Å². The molecule has 0 bridgehead atoms. The fourth-order valence-electron chi connectivity index (χ4n) is 2.01.